The van der Waals surface area contributed by atoms with Crippen molar-refractivity contribution < 1.29 is 9.47 Å². The van der Waals surface area contributed by atoms with Crippen LogP contribution in [0.25, 0.3) is 22.0 Å². The molecular weight excluding hydrogens is 402 g/mol. The van der Waals surface area contributed by atoms with E-state index < -0.39 is 0 Å². The number of fused-ring (bicyclic) bond motifs is 3. The van der Waals surface area contributed by atoms with Crippen molar-refractivity contribution in [3.8, 4) is 17.0 Å². The standard InChI is InChI=1S/C25H31N5O2/c1-28(2)10-4-11-32-24-8-6-19(14-27-24)18-5-7-22-21(13-18)25-23(15-26-22)29(3)17-30(25)20-9-12-31-16-20/h5-8,13-15,20H,4,9-12,16-17H2,1-3H3/t20-/m0/s1. The summed E-state index contributed by atoms with van der Waals surface area (Å²) in [5, 5.41) is 1.18. The molecular formula is C25H31N5O2. The van der Waals surface area contributed by atoms with Gasteiger partial charge in [-0.2, -0.15) is 0 Å². The molecule has 2 aliphatic rings. The summed E-state index contributed by atoms with van der Waals surface area (Å²) in [6.07, 6.45) is 5.94. The molecule has 2 aromatic heterocycles. The highest BCUT2D eigenvalue weighted by Gasteiger charge is 2.33. The van der Waals surface area contributed by atoms with E-state index in [0.717, 1.165) is 55.9 Å². The van der Waals surface area contributed by atoms with E-state index in [1.54, 1.807) is 0 Å². The molecule has 1 atom stereocenters. The summed E-state index contributed by atoms with van der Waals surface area (Å²) >= 11 is 0. The molecule has 0 saturated carbocycles. The minimum absolute atomic E-state index is 0.415. The van der Waals surface area contributed by atoms with Gasteiger partial charge in [-0.1, -0.05) is 6.07 Å². The first kappa shape index (κ1) is 21.0. The molecule has 0 unspecified atom stereocenters. The Morgan fingerprint density at radius 1 is 1.12 bits per heavy atom. The molecule has 0 N–H and O–H groups in total. The normalized spacial score (nSPS) is 18.1. The van der Waals surface area contributed by atoms with Gasteiger partial charge in [0, 0.05) is 43.4 Å². The van der Waals surface area contributed by atoms with E-state index >= 15 is 0 Å². The Bertz CT molecular complexity index is 1080. The first-order valence-corrected chi connectivity index (χ1v) is 11.3. The topological polar surface area (TPSA) is 54.0 Å². The molecule has 32 heavy (non-hydrogen) atoms. The Kier molecular flexibility index (Phi) is 5.85. The van der Waals surface area contributed by atoms with Crippen molar-refractivity contribution in [3.63, 3.8) is 0 Å². The summed E-state index contributed by atoms with van der Waals surface area (Å²) in [5.41, 5.74) is 5.68. The quantitative estimate of drug-likeness (QED) is 0.528. The van der Waals surface area contributed by atoms with Crippen molar-refractivity contribution >= 4 is 22.3 Å². The first-order valence-electron chi connectivity index (χ1n) is 11.3. The Labute approximate surface area is 189 Å². The summed E-state index contributed by atoms with van der Waals surface area (Å²) in [6.45, 7) is 4.18. The highest BCUT2D eigenvalue weighted by Crippen LogP contribution is 2.43. The fourth-order valence-corrected chi connectivity index (χ4v) is 4.56. The lowest BCUT2D eigenvalue weighted by Gasteiger charge is -2.26. The summed E-state index contributed by atoms with van der Waals surface area (Å²) < 4.78 is 11.5. The zero-order chi connectivity index (χ0) is 22.1. The third kappa shape index (κ3) is 4.10. The van der Waals surface area contributed by atoms with Crippen molar-refractivity contribution in [1.29, 1.82) is 0 Å². The second-order valence-corrected chi connectivity index (χ2v) is 8.94. The predicted octanol–water partition coefficient (Wildman–Crippen LogP) is 3.63. The number of ether oxygens (including phenoxy) is 2. The monoisotopic (exact) mass is 433 g/mol. The highest BCUT2D eigenvalue weighted by molar-refractivity contribution is 6.02. The minimum Gasteiger partial charge on any atom is -0.478 e. The van der Waals surface area contributed by atoms with Crippen LogP contribution >= 0.6 is 0 Å². The number of hydrogen-bond donors (Lipinski definition) is 0. The molecule has 0 radical (unpaired) electrons. The lowest BCUT2D eigenvalue weighted by molar-refractivity contribution is 0.193. The van der Waals surface area contributed by atoms with Crippen molar-refractivity contribution in [3.05, 3.63) is 42.7 Å². The number of nitrogens with zero attached hydrogens (tertiary/aromatic N) is 5. The lowest BCUT2D eigenvalue weighted by atomic mass is 10.0. The average molecular weight is 434 g/mol. The van der Waals surface area contributed by atoms with Crippen LogP contribution in [0, 0.1) is 0 Å². The number of hydrogen-bond acceptors (Lipinski definition) is 7. The van der Waals surface area contributed by atoms with Crippen LogP contribution < -0.4 is 14.5 Å². The smallest absolute Gasteiger partial charge is 0.213 e. The van der Waals surface area contributed by atoms with Crippen LogP contribution in [0.15, 0.2) is 42.7 Å². The fraction of sp³-hybridized carbons (Fsp3) is 0.440. The second-order valence-electron chi connectivity index (χ2n) is 8.94. The number of rotatable bonds is 7. The van der Waals surface area contributed by atoms with E-state index in [4.69, 9.17) is 14.5 Å². The molecule has 4 heterocycles. The molecule has 5 rings (SSSR count). The van der Waals surface area contributed by atoms with Crippen LogP contribution in [-0.4, -0.2) is 75.1 Å². The van der Waals surface area contributed by atoms with Gasteiger partial charge in [0.2, 0.25) is 5.88 Å². The Morgan fingerprint density at radius 2 is 2.00 bits per heavy atom. The van der Waals surface area contributed by atoms with E-state index in [0.29, 0.717) is 18.5 Å². The first-order chi connectivity index (χ1) is 15.6. The van der Waals surface area contributed by atoms with Crippen molar-refractivity contribution in [1.82, 2.24) is 14.9 Å². The Morgan fingerprint density at radius 3 is 2.75 bits per heavy atom. The van der Waals surface area contributed by atoms with Gasteiger partial charge in [-0.3, -0.25) is 4.98 Å². The van der Waals surface area contributed by atoms with Crippen LogP contribution in [0.1, 0.15) is 12.8 Å². The predicted molar refractivity (Wildman–Crippen MR) is 129 cm³/mol. The van der Waals surface area contributed by atoms with Gasteiger partial charge in [0.25, 0.3) is 0 Å². The summed E-state index contributed by atoms with van der Waals surface area (Å²) in [5.74, 6) is 0.671. The largest absolute Gasteiger partial charge is 0.478 e. The van der Waals surface area contributed by atoms with Crippen molar-refractivity contribution in [2.45, 2.75) is 18.9 Å². The van der Waals surface area contributed by atoms with E-state index in [1.807, 2.05) is 18.5 Å². The van der Waals surface area contributed by atoms with Crippen molar-refractivity contribution in [2.24, 2.45) is 0 Å². The van der Waals surface area contributed by atoms with Crippen LogP contribution in [0.5, 0.6) is 5.88 Å². The molecule has 7 heteroatoms. The van der Waals surface area contributed by atoms with E-state index in [-0.39, 0.29) is 0 Å². The van der Waals surface area contributed by atoms with Crippen molar-refractivity contribution in [2.75, 3.05) is 64.0 Å². The number of aromatic nitrogens is 2. The van der Waals surface area contributed by atoms with Gasteiger partial charge in [-0.25, -0.2) is 4.98 Å². The third-order valence-electron chi connectivity index (χ3n) is 6.30. The van der Waals surface area contributed by atoms with E-state index in [9.17, 15) is 0 Å². The zero-order valence-corrected chi connectivity index (χ0v) is 19.1. The molecule has 0 spiro atoms. The summed E-state index contributed by atoms with van der Waals surface area (Å²) in [6, 6.07) is 10.9. The second kappa shape index (κ2) is 8.92. The zero-order valence-electron chi connectivity index (χ0n) is 19.1. The van der Waals surface area contributed by atoms with E-state index in [2.05, 4.69) is 65.1 Å². The average Bonchev–Trinajstić information content (AvgIpc) is 3.45. The minimum atomic E-state index is 0.415. The molecule has 2 aliphatic heterocycles. The summed E-state index contributed by atoms with van der Waals surface area (Å²) in [4.78, 5) is 16.2. The maximum Gasteiger partial charge on any atom is 0.213 e. The fourth-order valence-electron chi connectivity index (χ4n) is 4.56. The van der Waals surface area contributed by atoms with Gasteiger partial charge in [0.05, 0.1) is 49.0 Å². The third-order valence-corrected chi connectivity index (χ3v) is 6.30. The Balaban J connectivity index is 1.42. The van der Waals surface area contributed by atoms with Gasteiger partial charge >= 0.3 is 0 Å². The van der Waals surface area contributed by atoms with Gasteiger partial charge in [-0.15, -0.1) is 0 Å². The van der Waals surface area contributed by atoms with Gasteiger partial charge in [-0.05, 0) is 50.7 Å². The SMILES string of the molecule is CN(C)CCCOc1ccc(-c2ccc3ncc4c(c3c2)N([C@H]2CCOC2)CN4C)cn1. The number of anilines is 2. The van der Waals surface area contributed by atoms with Gasteiger partial charge < -0.3 is 24.2 Å². The van der Waals surface area contributed by atoms with Crippen LogP contribution in [0.3, 0.4) is 0 Å². The van der Waals surface area contributed by atoms with Gasteiger partial charge in [0.1, 0.15) is 0 Å². The van der Waals surface area contributed by atoms with Crippen LogP contribution in [-0.2, 0) is 4.74 Å². The van der Waals surface area contributed by atoms with Crippen LogP contribution in [0.2, 0.25) is 0 Å². The maximum absolute atomic E-state index is 5.79. The highest BCUT2D eigenvalue weighted by atomic mass is 16.5. The number of pyridine rings is 2. The summed E-state index contributed by atoms with van der Waals surface area (Å²) in [7, 11) is 6.27. The van der Waals surface area contributed by atoms with E-state index in [1.165, 1.54) is 16.8 Å². The van der Waals surface area contributed by atoms with Crippen LogP contribution in [0.4, 0.5) is 11.4 Å². The molecule has 3 aromatic rings. The molecule has 0 amide bonds. The molecule has 0 aliphatic carbocycles. The molecule has 7 nitrogen and oxygen atoms in total. The number of benzene rings is 1. The lowest BCUT2D eigenvalue weighted by Crippen LogP contribution is -2.37. The molecule has 1 fully saturated rings. The van der Waals surface area contributed by atoms with Gasteiger partial charge in [0.15, 0.2) is 0 Å². The molecule has 1 aromatic carbocycles. The molecule has 0 bridgehead atoms. The molecule has 168 valence electrons. The maximum atomic E-state index is 5.79. The Hall–Kier alpha value is -2.90. The molecule has 1 saturated heterocycles.